The van der Waals surface area contributed by atoms with E-state index < -0.39 is 12.0 Å². The largest absolute Gasteiger partial charge is 0.457 e. The highest BCUT2D eigenvalue weighted by Crippen LogP contribution is 2.31. The van der Waals surface area contributed by atoms with Gasteiger partial charge in [0.25, 0.3) is 0 Å². The van der Waals surface area contributed by atoms with Crippen LogP contribution < -0.4 is 10.5 Å². The fourth-order valence-electron chi connectivity index (χ4n) is 3.12. The number of carbonyl (C=O) groups is 1. The molecular weight excluding hydrogens is 343 g/mol. The number of nitrogens with one attached hydrogen (secondary N) is 1. The number of hydrogen-bond acceptors (Lipinski definition) is 3. The maximum atomic E-state index is 13.0. The summed E-state index contributed by atoms with van der Waals surface area (Å²) in [6.45, 7) is 1.26. The Morgan fingerprint density at radius 1 is 1.00 bits per heavy atom. The van der Waals surface area contributed by atoms with Crippen LogP contribution in [0.5, 0.6) is 11.5 Å². The van der Waals surface area contributed by atoms with Gasteiger partial charge in [-0.25, -0.2) is 4.39 Å². The predicted molar refractivity (Wildman–Crippen MR) is 106 cm³/mol. The molecule has 1 atom stereocenters. The smallest absolute Gasteiger partial charge is 0.170 e. The third-order valence-corrected chi connectivity index (χ3v) is 4.58. The van der Waals surface area contributed by atoms with Crippen molar-refractivity contribution < 1.29 is 13.9 Å². The van der Waals surface area contributed by atoms with Crippen molar-refractivity contribution in [3.8, 4) is 11.5 Å². The van der Waals surface area contributed by atoms with Crippen molar-refractivity contribution in [3.05, 3.63) is 66.2 Å². The number of ketones is 1. The lowest BCUT2D eigenvalue weighted by atomic mass is 10.1. The van der Waals surface area contributed by atoms with Crippen LogP contribution in [-0.4, -0.2) is 16.9 Å². The number of halogens is 1. The first-order chi connectivity index (χ1) is 13.0. The molecule has 0 aliphatic heterocycles. The topological polar surface area (TPSA) is 68.1 Å². The Bertz CT molecular complexity index is 1130. The lowest BCUT2D eigenvalue weighted by molar-refractivity contribution is -0.122. The summed E-state index contributed by atoms with van der Waals surface area (Å²) >= 11 is 0. The van der Waals surface area contributed by atoms with Gasteiger partial charge >= 0.3 is 0 Å². The zero-order valence-electron chi connectivity index (χ0n) is 14.8. The standard InChI is InChI=1S/C22H19FN2O2/c1-13(23)22(26)10-14-2-5-16(6-3-14)27-17-7-9-19-18-8-4-15(24)11-20(18)25-21(19)12-17/h2-9,11-13,25H,10,24H2,1H3. The van der Waals surface area contributed by atoms with E-state index in [-0.39, 0.29) is 6.42 Å². The fraction of sp³-hybridized carbons (Fsp3) is 0.136. The molecule has 1 unspecified atom stereocenters. The van der Waals surface area contributed by atoms with Gasteiger partial charge in [-0.05, 0) is 48.9 Å². The number of H-pyrrole nitrogens is 1. The zero-order valence-corrected chi connectivity index (χ0v) is 14.8. The third-order valence-electron chi connectivity index (χ3n) is 4.58. The van der Waals surface area contributed by atoms with Crippen LogP contribution in [0.25, 0.3) is 21.8 Å². The summed E-state index contributed by atoms with van der Waals surface area (Å²) in [7, 11) is 0. The van der Waals surface area contributed by atoms with Crippen LogP contribution in [0.15, 0.2) is 60.7 Å². The second kappa shape index (κ2) is 6.76. The molecule has 0 saturated carbocycles. The number of fused-ring (bicyclic) bond motifs is 3. The van der Waals surface area contributed by atoms with Crippen LogP contribution in [0.2, 0.25) is 0 Å². The maximum Gasteiger partial charge on any atom is 0.170 e. The van der Waals surface area contributed by atoms with E-state index in [1.165, 1.54) is 6.92 Å². The van der Waals surface area contributed by atoms with Gasteiger partial charge in [0, 0.05) is 34.5 Å². The van der Waals surface area contributed by atoms with Crippen LogP contribution in [0, 0.1) is 0 Å². The third kappa shape index (κ3) is 3.49. The van der Waals surface area contributed by atoms with Crippen LogP contribution in [0.3, 0.4) is 0 Å². The van der Waals surface area contributed by atoms with Crippen LogP contribution >= 0.6 is 0 Å². The number of anilines is 1. The van der Waals surface area contributed by atoms with E-state index >= 15 is 0 Å². The molecule has 4 nitrogen and oxygen atoms in total. The second-order valence-corrected chi connectivity index (χ2v) is 6.64. The van der Waals surface area contributed by atoms with Crippen molar-refractivity contribution in [2.75, 3.05) is 5.73 Å². The number of carbonyl (C=O) groups excluding carboxylic acids is 1. The van der Waals surface area contributed by atoms with Gasteiger partial charge < -0.3 is 15.5 Å². The summed E-state index contributed by atoms with van der Waals surface area (Å²) in [6, 6.07) is 18.8. The summed E-state index contributed by atoms with van der Waals surface area (Å²) in [4.78, 5) is 14.8. The highest BCUT2D eigenvalue weighted by molar-refractivity contribution is 6.08. The Hall–Kier alpha value is -3.34. The molecule has 0 aliphatic rings. The molecule has 0 bridgehead atoms. The number of aromatic amines is 1. The molecule has 0 amide bonds. The SMILES string of the molecule is CC(F)C(=O)Cc1ccc(Oc2ccc3c(c2)[nH]c2cc(N)ccc23)cc1. The van der Waals surface area contributed by atoms with Crippen molar-refractivity contribution in [1.29, 1.82) is 0 Å². The number of alkyl halides is 1. The minimum Gasteiger partial charge on any atom is -0.457 e. The Labute approximate surface area is 155 Å². The van der Waals surface area contributed by atoms with E-state index in [4.69, 9.17) is 10.5 Å². The molecule has 3 aromatic carbocycles. The van der Waals surface area contributed by atoms with Crippen LogP contribution in [0.4, 0.5) is 10.1 Å². The molecule has 0 spiro atoms. The number of Topliss-reactive ketones (excluding diaryl/α,β-unsaturated/α-hetero) is 1. The van der Waals surface area contributed by atoms with E-state index in [9.17, 15) is 9.18 Å². The summed E-state index contributed by atoms with van der Waals surface area (Å²) < 4.78 is 18.9. The molecule has 0 saturated heterocycles. The van der Waals surface area contributed by atoms with Crippen molar-refractivity contribution in [1.82, 2.24) is 4.98 Å². The highest BCUT2D eigenvalue weighted by atomic mass is 19.1. The minimum absolute atomic E-state index is 0.0854. The normalized spacial score (nSPS) is 12.4. The lowest BCUT2D eigenvalue weighted by Gasteiger charge is -2.07. The number of rotatable bonds is 5. The molecular formula is C22H19FN2O2. The van der Waals surface area contributed by atoms with E-state index in [2.05, 4.69) is 4.98 Å². The molecule has 1 aromatic heterocycles. The van der Waals surface area contributed by atoms with Gasteiger partial charge in [0.2, 0.25) is 0 Å². The van der Waals surface area contributed by atoms with Gasteiger partial charge in [-0.1, -0.05) is 18.2 Å². The maximum absolute atomic E-state index is 13.0. The Balaban J connectivity index is 1.56. The van der Waals surface area contributed by atoms with Crippen LogP contribution in [0.1, 0.15) is 12.5 Å². The van der Waals surface area contributed by atoms with Gasteiger partial charge in [-0.2, -0.15) is 0 Å². The minimum atomic E-state index is -1.45. The van der Waals surface area contributed by atoms with Crippen molar-refractivity contribution in [2.24, 2.45) is 0 Å². The molecule has 3 N–H and O–H groups in total. The fourth-order valence-corrected chi connectivity index (χ4v) is 3.12. The molecule has 4 rings (SSSR count). The van der Waals surface area contributed by atoms with Crippen molar-refractivity contribution >= 4 is 33.3 Å². The van der Waals surface area contributed by atoms with Crippen molar-refractivity contribution in [2.45, 2.75) is 19.5 Å². The summed E-state index contributed by atoms with van der Waals surface area (Å²) in [6.07, 6.45) is -1.36. The quantitative estimate of drug-likeness (QED) is 0.482. The summed E-state index contributed by atoms with van der Waals surface area (Å²) in [5.41, 5.74) is 9.28. The van der Waals surface area contributed by atoms with Gasteiger partial charge in [0.15, 0.2) is 12.0 Å². The number of nitrogen functional groups attached to an aromatic ring is 1. The Morgan fingerprint density at radius 2 is 1.63 bits per heavy atom. The molecule has 27 heavy (non-hydrogen) atoms. The molecule has 0 fully saturated rings. The molecule has 5 heteroatoms. The molecule has 136 valence electrons. The summed E-state index contributed by atoms with van der Waals surface area (Å²) in [5, 5.41) is 2.22. The summed E-state index contributed by atoms with van der Waals surface area (Å²) in [5.74, 6) is 0.927. The first-order valence-corrected chi connectivity index (χ1v) is 8.74. The number of ether oxygens (including phenoxy) is 1. The average Bonchev–Trinajstić information content (AvgIpc) is 2.99. The number of nitrogens with two attached hydrogens (primary N) is 1. The lowest BCUT2D eigenvalue weighted by Crippen LogP contribution is -2.13. The van der Waals surface area contributed by atoms with E-state index in [0.717, 1.165) is 27.4 Å². The number of aromatic nitrogens is 1. The Morgan fingerprint density at radius 3 is 2.33 bits per heavy atom. The van der Waals surface area contributed by atoms with Gasteiger partial charge in [-0.15, -0.1) is 0 Å². The number of benzene rings is 3. The molecule has 0 aliphatic carbocycles. The van der Waals surface area contributed by atoms with Crippen LogP contribution in [-0.2, 0) is 11.2 Å². The zero-order chi connectivity index (χ0) is 19.0. The molecule has 1 heterocycles. The molecule has 4 aromatic rings. The van der Waals surface area contributed by atoms with E-state index in [1.54, 1.807) is 24.3 Å². The van der Waals surface area contributed by atoms with E-state index in [0.29, 0.717) is 17.2 Å². The first kappa shape index (κ1) is 17.1. The average molecular weight is 362 g/mol. The van der Waals surface area contributed by atoms with E-state index in [1.807, 2.05) is 36.4 Å². The second-order valence-electron chi connectivity index (χ2n) is 6.64. The van der Waals surface area contributed by atoms with Gasteiger partial charge in [0.05, 0.1) is 5.52 Å². The monoisotopic (exact) mass is 362 g/mol. The highest BCUT2D eigenvalue weighted by Gasteiger charge is 2.12. The number of hydrogen-bond donors (Lipinski definition) is 2. The Kier molecular flexibility index (Phi) is 4.28. The van der Waals surface area contributed by atoms with Gasteiger partial charge in [-0.3, -0.25) is 4.79 Å². The first-order valence-electron chi connectivity index (χ1n) is 8.74. The predicted octanol–water partition coefficient (Wildman–Crippen LogP) is 5.17. The van der Waals surface area contributed by atoms with Crippen molar-refractivity contribution in [3.63, 3.8) is 0 Å². The molecule has 0 radical (unpaired) electrons. The van der Waals surface area contributed by atoms with Gasteiger partial charge in [0.1, 0.15) is 11.5 Å².